The summed E-state index contributed by atoms with van der Waals surface area (Å²) in [7, 11) is 0. The first-order chi connectivity index (χ1) is 9.43. The van der Waals surface area contributed by atoms with Gasteiger partial charge in [-0.05, 0) is 25.0 Å². The van der Waals surface area contributed by atoms with Crippen LogP contribution in [-0.2, 0) is 0 Å². The fourth-order valence-corrected chi connectivity index (χ4v) is 2.23. The molecule has 2 aromatic rings. The van der Waals surface area contributed by atoms with Gasteiger partial charge in [0.2, 0.25) is 0 Å². The Morgan fingerprint density at radius 3 is 2.85 bits per heavy atom. The van der Waals surface area contributed by atoms with Crippen molar-refractivity contribution in [1.82, 2.24) is 15.0 Å². The van der Waals surface area contributed by atoms with Crippen LogP contribution in [-0.4, -0.2) is 19.9 Å². The number of nitrogens with zero attached hydrogens (tertiary/aromatic N) is 4. The number of halogens is 2. The number of aromatic nitrogens is 3. The van der Waals surface area contributed by atoms with Crippen molar-refractivity contribution in [3.8, 4) is 5.69 Å². The predicted molar refractivity (Wildman–Crippen MR) is 79.7 cm³/mol. The zero-order valence-electron chi connectivity index (χ0n) is 10.9. The number of rotatable bonds is 4. The average Bonchev–Trinajstić information content (AvgIpc) is 2.89. The lowest BCUT2D eigenvalue weighted by Crippen LogP contribution is -2.00. The summed E-state index contributed by atoms with van der Waals surface area (Å²) in [5, 5.41) is 19.0. The maximum Gasteiger partial charge on any atom is 0.288 e. The van der Waals surface area contributed by atoms with E-state index in [1.807, 2.05) is 6.92 Å². The molecule has 2 rings (SSSR count). The molecule has 0 aliphatic carbocycles. The van der Waals surface area contributed by atoms with E-state index in [-0.39, 0.29) is 15.5 Å². The molecule has 6 nitrogen and oxygen atoms in total. The molecule has 0 saturated carbocycles. The largest absolute Gasteiger partial charge is 0.288 e. The van der Waals surface area contributed by atoms with Crippen LogP contribution in [0.4, 0.5) is 5.69 Å². The molecule has 1 unspecified atom stereocenters. The summed E-state index contributed by atoms with van der Waals surface area (Å²) in [6.07, 6.45) is 2.67. The number of hydrogen-bond donors (Lipinski definition) is 0. The van der Waals surface area contributed by atoms with Crippen LogP contribution in [0.15, 0.2) is 18.3 Å². The molecular formula is C12H12BrClN4O2. The maximum absolute atomic E-state index is 10.8. The number of nitro groups is 1. The molecule has 8 heteroatoms. The normalized spacial score (nSPS) is 12.4. The summed E-state index contributed by atoms with van der Waals surface area (Å²) in [5.41, 5.74) is 2.08. The van der Waals surface area contributed by atoms with Gasteiger partial charge in [-0.2, -0.15) is 0 Å². The lowest BCUT2D eigenvalue weighted by Gasteiger charge is -2.06. The van der Waals surface area contributed by atoms with Crippen molar-refractivity contribution < 1.29 is 4.92 Å². The minimum absolute atomic E-state index is 0.0820. The van der Waals surface area contributed by atoms with Crippen molar-refractivity contribution >= 4 is 33.2 Å². The fourth-order valence-electron chi connectivity index (χ4n) is 1.79. The van der Waals surface area contributed by atoms with E-state index in [0.29, 0.717) is 11.3 Å². The highest BCUT2D eigenvalue weighted by molar-refractivity contribution is 9.09. The Morgan fingerprint density at radius 2 is 2.25 bits per heavy atom. The molecule has 0 fully saturated rings. The number of alkyl halides is 1. The van der Waals surface area contributed by atoms with Crippen molar-refractivity contribution in [3.63, 3.8) is 0 Å². The Labute approximate surface area is 129 Å². The summed E-state index contributed by atoms with van der Waals surface area (Å²) in [6, 6.07) is 2.97. The van der Waals surface area contributed by atoms with E-state index in [1.54, 1.807) is 17.8 Å². The van der Waals surface area contributed by atoms with Gasteiger partial charge in [0.1, 0.15) is 5.02 Å². The van der Waals surface area contributed by atoms with Gasteiger partial charge >= 0.3 is 0 Å². The minimum Gasteiger partial charge on any atom is -0.258 e. The summed E-state index contributed by atoms with van der Waals surface area (Å²) in [6.45, 7) is 3.80. The van der Waals surface area contributed by atoms with Crippen LogP contribution in [0.25, 0.3) is 5.69 Å². The van der Waals surface area contributed by atoms with Crippen molar-refractivity contribution in [3.05, 3.63) is 44.7 Å². The zero-order valence-corrected chi connectivity index (χ0v) is 13.2. The van der Waals surface area contributed by atoms with Crippen LogP contribution < -0.4 is 0 Å². The molecule has 0 radical (unpaired) electrons. The highest BCUT2D eigenvalue weighted by atomic mass is 79.9. The van der Waals surface area contributed by atoms with Crippen molar-refractivity contribution in [2.75, 3.05) is 0 Å². The Kier molecular flexibility index (Phi) is 4.39. The zero-order chi connectivity index (χ0) is 14.9. The molecule has 0 aliphatic heterocycles. The van der Waals surface area contributed by atoms with E-state index in [2.05, 4.69) is 26.2 Å². The van der Waals surface area contributed by atoms with Gasteiger partial charge in [-0.25, -0.2) is 4.68 Å². The molecule has 0 amide bonds. The van der Waals surface area contributed by atoms with Gasteiger partial charge in [0.15, 0.2) is 0 Å². The van der Waals surface area contributed by atoms with Gasteiger partial charge in [0, 0.05) is 6.07 Å². The van der Waals surface area contributed by atoms with Crippen LogP contribution >= 0.6 is 27.5 Å². The van der Waals surface area contributed by atoms with Crippen LogP contribution in [0.2, 0.25) is 5.02 Å². The Balaban J connectivity index is 2.45. The first-order valence-corrected chi connectivity index (χ1v) is 7.24. The molecule has 1 heterocycles. The molecule has 20 heavy (non-hydrogen) atoms. The highest BCUT2D eigenvalue weighted by Gasteiger charge is 2.17. The Morgan fingerprint density at radius 1 is 1.55 bits per heavy atom. The third kappa shape index (κ3) is 2.83. The van der Waals surface area contributed by atoms with Gasteiger partial charge in [0.05, 0.1) is 27.3 Å². The topological polar surface area (TPSA) is 73.8 Å². The summed E-state index contributed by atoms with van der Waals surface area (Å²) >= 11 is 9.43. The standard InChI is InChI=1S/C12H12BrClN4O2/c1-3-8(13)10-6-17(16-15-10)11-5-9(14)12(18(19)20)4-7(11)2/h4-6,8H,3H2,1-2H3. The second-order valence-electron chi connectivity index (χ2n) is 4.31. The summed E-state index contributed by atoms with van der Waals surface area (Å²) < 4.78 is 1.57. The molecule has 0 spiro atoms. The van der Waals surface area contributed by atoms with Gasteiger partial charge < -0.3 is 0 Å². The third-order valence-corrected chi connectivity index (χ3v) is 4.32. The van der Waals surface area contributed by atoms with E-state index in [4.69, 9.17) is 11.6 Å². The smallest absolute Gasteiger partial charge is 0.258 e. The SMILES string of the molecule is CCC(Br)c1cn(-c2cc(Cl)c([N+](=O)[O-])cc2C)nn1. The Hall–Kier alpha value is -1.47. The lowest BCUT2D eigenvalue weighted by molar-refractivity contribution is -0.384. The quantitative estimate of drug-likeness (QED) is 0.470. The van der Waals surface area contributed by atoms with Crippen LogP contribution in [0.1, 0.15) is 29.4 Å². The molecular weight excluding hydrogens is 348 g/mol. The molecule has 0 N–H and O–H groups in total. The second-order valence-corrected chi connectivity index (χ2v) is 5.82. The van der Waals surface area contributed by atoms with Crippen LogP contribution in [0.3, 0.4) is 0 Å². The highest BCUT2D eigenvalue weighted by Crippen LogP contribution is 2.30. The van der Waals surface area contributed by atoms with E-state index in [0.717, 1.165) is 12.1 Å². The maximum atomic E-state index is 10.8. The number of aryl methyl sites for hydroxylation is 1. The van der Waals surface area contributed by atoms with Crippen molar-refractivity contribution in [1.29, 1.82) is 0 Å². The molecule has 1 atom stereocenters. The molecule has 0 bridgehead atoms. The molecule has 1 aromatic carbocycles. The number of benzene rings is 1. The lowest BCUT2D eigenvalue weighted by atomic mass is 10.2. The van der Waals surface area contributed by atoms with Crippen LogP contribution in [0, 0.1) is 17.0 Å². The van der Waals surface area contributed by atoms with E-state index < -0.39 is 4.92 Å². The van der Waals surface area contributed by atoms with E-state index >= 15 is 0 Å². The number of hydrogen-bond acceptors (Lipinski definition) is 4. The Bertz CT molecular complexity index is 659. The predicted octanol–water partition coefficient (Wildman–Crippen LogP) is 3.98. The first-order valence-electron chi connectivity index (χ1n) is 5.95. The van der Waals surface area contributed by atoms with Crippen LogP contribution in [0.5, 0.6) is 0 Å². The summed E-state index contributed by atoms with van der Waals surface area (Å²) in [5.74, 6) is 0. The monoisotopic (exact) mass is 358 g/mol. The molecule has 1 aromatic heterocycles. The van der Waals surface area contributed by atoms with Gasteiger partial charge in [-0.15, -0.1) is 5.10 Å². The first kappa shape index (κ1) is 14.9. The number of nitro benzene ring substituents is 1. The van der Waals surface area contributed by atoms with E-state index in [9.17, 15) is 10.1 Å². The molecule has 106 valence electrons. The molecule has 0 aliphatic rings. The second kappa shape index (κ2) is 5.88. The average molecular weight is 360 g/mol. The molecule has 0 saturated heterocycles. The third-order valence-electron chi connectivity index (χ3n) is 2.90. The fraction of sp³-hybridized carbons (Fsp3) is 0.333. The van der Waals surface area contributed by atoms with Crippen molar-refractivity contribution in [2.24, 2.45) is 0 Å². The van der Waals surface area contributed by atoms with Gasteiger partial charge in [0.25, 0.3) is 5.69 Å². The van der Waals surface area contributed by atoms with Gasteiger partial charge in [-0.1, -0.05) is 39.7 Å². The van der Waals surface area contributed by atoms with Crippen molar-refractivity contribution in [2.45, 2.75) is 25.1 Å². The van der Waals surface area contributed by atoms with Gasteiger partial charge in [-0.3, -0.25) is 10.1 Å². The summed E-state index contributed by atoms with van der Waals surface area (Å²) in [4.78, 5) is 10.5. The minimum atomic E-state index is -0.503. The van der Waals surface area contributed by atoms with E-state index in [1.165, 1.54) is 12.1 Å².